The van der Waals surface area contributed by atoms with Gasteiger partial charge in [-0.25, -0.2) is 4.68 Å². The molecule has 0 fully saturated rings. The summed E-state index contributed by atoms with van der Waals surface area (Å²) in [5.41, 5.74) is 3.54. The summed E-state index contributed by atoms with van der Waals surface area (Å²) in [4.78, 5) is 22.4. The van der Waals surface area contributed by atoms with Crippen LogP contribution in [0.2, 0.25) is 0 Å². The minimum atomic E-state index is -0.494. The Morgan fingerprint density at radius 1 is 1.12 bits per heavy atom. The quantitative estimate of drug-likeness (QED) is 0.386. The van der Waals surface area contributed by atoms with Gasteiger partial charge >= 0.3 is 0 Å². The maximum Gasteiger partial charge on any atom is 0.255 e. The van der Waals surface area contributed by atoms with Crippen LogP contribution in [-0.4, -0.2) is 32.8 Å². The van der Waals surface area contributed by atoms with Crippen molar-refractivity contribution in [2.75, 3.05) is 17.7 Å². The summed E-state index contributed by atoms with van der Waals surface area (Å²) in [5, 5.41) is 11.0. The molecular weight excluding hydrogens is 496 g/mol. The van der Waals surface area contributed by atoms with Crippen molar-refractivity contribution in [3.63, 3.8) is 0 Å². The first kappa shape index (κ1) is 21.8. The van der Waals surface area contributed by atoms with E-state index in [0.717, 1.165) is 15.6 Å². The SMILES string of the molecule is COc1ccccc1NC(=O)C1=C(C)Nc2nc(-c3ccncc3)nn2C1c1cccc(Br)c1. The van der Waals surface area contributed by atoms with Crippen LogP contribution in [0.4, 0.5) is 11.6 Å². The number of nitrogens with one attached hydrogen (secondary N) is 2. The van der Waals surface area contributed by atoms with E-state index in [1.54, 1.807) is 36.3 Å². The molecule has 8 nitrogen and oxygen atoms in total. The van der Waals surface area contributed by atoms with E-state index in [-0.39, 0.29) is 5.91 Å². The lowest BCUT2D eigenvalue weighted by atomic mass is 9.95. The molecule has 0 spiro atoms. The fraction of sp³-hybridized carbons (Fsp3) is 0.120. The van der Waals surface area contributed by atoms with Crippen molar-refractivity contribution >= 4 is 33.5 Å². The molecule has 0 radical (unpaired) electrons. The number of nitrogens with zero attached hydrogens (tertiary/aromatic N) is 4. The van der Waals surface area contributed by atoms with Crippen molar-refractivity contribution in [3.05, 3.63) is 94.4 Å². The number of amides is 1. The second kappa shape index (κ2) is 9.11. The highest BCUT2D eigenvalue weighted by Gasteiger charge is 2.34. The average Bonchev–Trinajstić information content (AvgIpc) is 3.27. The molecule has 1 amide bonds. The van der Waals surface area contributed by atoms with Gasteiger partial charge in [0.2, 0.25) is 5.95 Å². The van der Waals surface area contributed by atoms with Gasteiger partial charge in [-0.05, 0) is 48.9 Å². The number of aromatic nitrogens is 4. The summed E-state index contributed by atoms with van der Waals surface area (Å²) in [5.74, 6) is 1.43. The average molecular weight is 517 g/mol. The van der Waals surface area contributed by atoms with Crippen molar-refractivity contribution in [1.29, 1.82) is 0 Å². The fourth-order valence-electron chi connectivity index (χ4n) is 3.99. The molecule has 3 heterocycles. The molecule has 2 aromatic heterocycles. The predicted molar refractivity (Wildman–Crippen MR) is 133 cm³/mol. The number of halogens is 1. The monoisotopic (exact) mass is 516 g/mol. The minimum Gasteiger partial charge on any atom is -0.495 e. The lowest BCUT2D eigenvalue weighted by Crippen LogP contribution is -2.31. The fourth-order valence-corrected chi connectivity index (χ4v) is 4.41. The number of allylic oxidation sites excluding steroid dienone is 1. The van der Waals surface area contributed by atoms with Gasteiger partial charge in [0.1, 0.15) is 11.8 Å². The smallest absolute Gasteiger partial charge is 0.255 e. The predicted octanol–water partition coefficient (Wildman–Crippen LogP) is 5.04. The number of hydrogen-bond donors (Lipinski definition) is 2. The van der Waals surface area contributed by atoms with Gasteiger partial charge in [-0.1, -0.05) is 40.2 Å². The van der Waals surface area contributed by atoms with Crippen molar-refractivity contribution in [2.45, 2.75) is 13.0 Å². The van der Waals surface area contributed by atoms with E-state index in [9.17, 15) is 4.79 Å². The van der Waals surface area contributed by atoms with Crippen molar-refractivity contribution in [2.24, 2.45) is 0 Å². The normalized spacial score (nSPS) is 14.9. The zero-order valence-electron chi connectivity index (χ0n) is 18.5. The van der Waals surface area contributed by atoms with Crippen LogP contribution in [0.25, 0.3) is 11.4 Å². The van der Waals surface area contributed by atoms with Gasteiger partial charge < -0.3 is 15.4 Å². The van der Waals surface area contributed by atoms with E-state index in [2.05, 4.69) is 31.5 Å². The van der Waals surface area contributed by atoms with Gasteiger partial charge in [-0.3, -0.25) is 9.78 Å². The van der Waals surface area contributed by atoms with Crippen molar-refractivity contribution < 1.29 is 9.53 Å². The number of pyridine rings is 1. The number of carbonyl (C=O) groups excluding carboxylic acids is 1. The van der Waals surface area contributed by atoms with Crippen LogP contribution < -0.4 is 15.4 Å². The summed E-state index contributed by atoms with van der Waals surface area (Å²) >= 11 is 3.55. The Balaban J connectivity index is 1.61. The van der Waals surface area contributed by atoms with Crippen LogP contribution >= 0.6 is 15.9 Å². The molecule has 1 atom stereocenters. The first-order valence-corrected chi connectivity index (χ1v) is 11.4. The molecule has 2 aromatic carbocycles. The van der Waals surface area contributed by atoms with Crippen molar-refractivity contribution in [3.8, 4) is 17.1 Å². The molecule has 0 saturated carbocycles. The van der Waals surface area contributed by atoms with Gasteiger partial charge in [0.05, 0.1) is 18.4 Å². The van der Waals surface area contributed by atoms with E-state index in [0.29, 0.717) is 34.5 Å². The van der Waals surface area contributed by atoms with Crippen LogP contribution in [0, 0.1) is 0 Å². The second-order valence-electron chi connectivity index (χ2n) is 7.72. The first-order chi connectivity index (χ1) is 16.5. The number of hydrogen-bond acceptors (Lipinski definition) is 6. The molecule has 5 rings (SSSR count). The third-order valence-corrected chi connectivity index (χ3v) is 6.05. The molecular formula is C25H21BrN6O2. The second-order valence-corrected chi connectivity index (χ2v) is 8.63. The Morgan fingerprint density at radius 2 is 1.91 bits per heavy atom. The number of fused-ring (bicyclic) bond motifs is 1. The maximum atomic E-state index is 13.7. The highest BCUT2D eigenvalue weighted by atomic mass is 79.9. The topological polar surface area (TPSA) is 94.0 Å². The Labute approximate surface area is 204 Å². The maximum absolute atomic E-state index is 13.7. The number of benzene rings is 2. The third-order valence-electron chi connectivity index (χ3n) is 5.56. The number of ether oxygens (including phenoxy) is 1. The molecule has 0 bridgehead atoms. The molecule has 9 heteroatoms. The van der Waals surface area contributed by atoms with Gasteiger partial charge in [0.15, 0.2) is 5.82 Å². The van der Waals surface area contributed by atoms with Gasteiger partial charge in [0.25, 0.3) is 5.91 Å². The van der Waals surface area contributed by atoms with E-state index >= 15 is 0 Å². The third kappa shape index (κ3) is 4.06. The lowest BCUT2D eigenvalue weighted by molar-refractivity contribution is -0.113. The van der Waals surface area contributed by atoms with E-state index in [1.165, 1.54) is 0 Å². The van der Waals surface area contributed by atoms with Crippen LogP contribution in [0.5, 0.6) is 5.75 Å². The molecule has 0 aliphatic carbocycles. The zero-order chi connectivity index (χ0) is 23.7. The van der Waals surface area contributed by atoms with E-state index in [4.69, 9.17) is 14.8 Å². The summed E-state index contributed by atoms with van der Waals surface area (Å²) in [7, 11) is 1.57. The summed E-state index contributed by atoms with van der Waals surface area (Å²) < 4.78 is 8.07. The Morgan fingerprint density at radius 3 is 2.68 bits per heavy atom. The van der Waals surface area contributed by atoms with Crippen molar-refractivity contribution in [1.82, 2.24) is 19.7 Å². The van der Waals surface area contributed by atoms with Crippen LogP contribution in [0.3, 0.4) is 0 Å². The highest BCUT2D eigenvalue weighted by Crippen LogP contribution is 2.38. The van der Waals surface area contributed by atoms with Crippen LogP contribution in [0.1, 0.15) is 18.5 Å². The van der Waals surface area contributed by atoms with Gasteiger partial charge in [0, 0.05) is 28.1 Å². The Kier molecular flexibility index (Phi) is 5.85. The molecule has 1 unspecified atom stereocenters. The van der Waals surface area contributed by atoms with Gasteiger partial charge in [-0.15, -0.1) is 5.10 Å². The summed E-state index contributed by atoms with van der Waals surface area (Å²) in [6.45, 7) is 1.87. The summed E-state index contributed by atoms with van der Waals surface area (Å²) in [6.07, 6.45) is 3.40. The minimum absolute atomic E-state index is 0.258. The van der Waals surface area contributed by atoms with Crippen LogP contribution in [0.15, 0.2) is 88.8 Å². The number of para-hydroxylation sites is 2. The molecule has 170 valence electrons. The Bertz CT molecular complexity index is 1400. The molecule has 34 heavy (non-hydrogen) atoms. The molecule has 1 aliphatic heterocycles. The zero-order valence-corrected chi connectivity index (χ0v) is 20.1. The van der Waals surface area contributed by atoms with Crippen LogP contribution in [-0.2, 0) is 4.79 Å². The molecule has 1 aliphatic rings. The van der Waals surface area contributed by atoms with Gasteiger partial charge in [-0.2, -0.15) is 4.98 Å². The number of rotatable bonds is 5. The lowest BCUT2D eigenvalue weighted by Gasteiger charge is -2.29. The Hall–Kier alpha value is -3.98. The highest BCUT2D eigenvalue weighted by molar-refractivity contribution is 9.10. The molecule has 2 N–H and O–H groups in total. The molecule has 4 aromatic rings. The summed E-state index contributed by atoms with van der Waals surface area (Å²) in [6, 6.07) is 18.4. The number of methoxy groups -OCH3 is 1. The first-order valence-electron chi connectivity index (χ1n) is 10.6. The standard InChI is InChI=1S/C25H21BrN6O2/c1-15-21(24(33)29-19-8-3-4-9-20(19)34-2)22(17-6-5-7-18(26)14-17)32-25(28-15)30-23(31-32)16-10-12-27-13-11-16/h3-14,22H,1-2H3,(H,29,33)(H,28,30,31). The number of carbonyl (C=O) groups is 1. The van der Waals surface area contributed by atoms with E-state index in [1.807, 2.05) is 55.5 Å². The number of anilines is 2. The largest absolute Gasteiger partial charge is 0.495 e. The van der Waals surface area contributed by atoms with E-state index < -0.39 is 6.04 Å². The molecule has 0 saturated heterocycles.